The Morgan fingerprint density at radius 2 is 1.51 bits per heavy atom. The molecule has 2 aromatic carbocycles. The minimum absolute atomic E-state index is 0.0762. The lowest BCUT2D eigenvalue weighted by Gasteiger charge is -2.49. The van der Waals surface area contributed by atoms with Crippen molar-refractivity contribution in [2.24, 2.45) is 0 Å². The first-order valence-corrected chi connectivity index (χ1v) is 14.8. The maximum absolute atomic E-state index is 13.3. The fourth-order valence-electron chi connectivity index (χ4n) is 5.38. The van der Waals surface area contributed by atoms with Crippen molar-refractivity contribution in [1.29, 1.82) is 0 Å². The molecule has 0 radical (unpaired) electrons. The lowest BCUT2D eigenvalue weighted by Crippen LogP contribution is -2.69. The molecule has 4 rings (SSSR count). The largest absolute Gasteiger partial charge is 0.444 e. The van der Waals surface area contributed by atoms with Crippen molar-refractivity contribution in [1.82, 2.24) is 4.90 Å². The second-order valence-corrected chi connectivity index (χ2v) is 16.1. The van der Waals surface area contributed by atoms with Crippen LogP contribution in [0.3, 0.4) is 0 Å². The van der Waals surface area contributed by atoms with Gasteiger partial charge in [0.1, 0.15) is 5.60 Å². The summed E-state index contributed by atoms with van der Waals surface area (Å²) >= 11 is 0. The highest BCUT2D eigenvalue weighted by molar-refractivity contribution is 6.99. The lowest BCUT2D eigenvalue weighted by molar-refractivity contribution is -0.0218. The summed E-state index contributed by atoms with van der Waals surface area (Å²) in [6.45, 7) is 14.1. The number of ether oxygens (including phenoxy) is 2. The summed E-state index contributed by atoms with van der Waals surface area (Å²) in [5.74, 6) is 0. The number of benzene rings is 2. The highest BCUT2D eigenvalue weighted by Crippen LogP contribution is 2.40. The second-order valence-electron chi connectivity index (χ2n) is 11.9. The van der Waals surface area contributed by atoms with Gasteiger partial charge in [-0.3, -0.25) is 0 Å². The second kappa shape index (κ2) is 10.1. The molecule has 0 aliphatic carbocycles. The molecular weight excluding hydrogens is 454 g/mol. The molecule has 2 aliphatic rings. The molecule has 3 atom stereocenters. The van der Waals surface area contributed by atoms with Crippen LogP contribution >= 0.6 is 0 Å². The number of likely N-dealkylation sites (tertiary alicyclic amines) is 1. The molecule has 0 N–H and O–H groups in total. The summed E-state index contributed by atoms with van der Waals surface area (Å²) in [4.78, 5) is 15.2. The molecule has 35 heavy (non-hydrogen) atoms. The smallest absolute Gasteiger partial charge is 0.410 e. The molecule has 0 bridgehead atoms. The van der Waals surface area contributed by atoms with Crippen molar-refractivity contribution >= 4 is 24.8 Å². The molecule has 190 valence electrons. The highest BCUT2D eigenvalue weighted by Gasteiger charge is 2.53. The Balaban J connectivity index is 1.76. The van der Waals surface area contributed by atoms with Gasteiger partial charge in [-0.15, -0.1) is 0 Å². The van der Waals surface area contributed by atoms with Gasteiger partial charge in [0.2, 0.25) is 0 Å². The third-order valence-corrected chi connectivity index (χ3v) is 12.1. The fraction of sp³-hybridized carbons (Fsp3) is 0.552. The van der Waals surface area contributed by atoms with Crippen molar-refractivity contribution in [2.45, 2.75) is 89.7 Å². The third-order valence-electron chi connectivity index (χ3n) is 7.00. The Morgan fingerprint density at radius 3 is 1.97 bits per heavy atom. The Hall–Kier alpha value is -2.15. The van der Waals surface area contributed by atoms with Crippen LogP contribution in [0.1, 0.15) is 60.8 Å². The third kappa shape index (κ3) is 5.82. The summed E-state index contributed by atoms with van der Waals surface area (Å²) in [5, 5.41) is 2.40. The first kappa shape index (κ1) is 25.9. The first-order valence-electron chi connectivity index (χ1n) is 12.9. The predicted octanol–water partition coefficient (Wildman–Crippen LogP) is 5.12. The van der Waals surface area contributed by atoms with Gasteiger partial charge in [0.25, 0.3) is 8.32 Å². The van der Waals surface area contributed by atoms with Crippen LogP contribution in [0.5, 0.6) is 0 Å². The Bertz CT molecular complexity index is 940. The molecular formula is C29H41NO4Si. The van der Waals surface area contributed by atoms with E-state index in [4.69, 9.17) is 13.9 Å². The Labute approximate surface area is 211 Å². The quantitative estimate of drug-likeness (QED) is 0.412. The van der Waals surface area contributed by atoms with E-state index in [0.29, 0.717) is 6.54 Å². The van der Waals surface area contributed by atoms with Gasteiger partial charge in [-0.2, -0.15) is 0 Å². The molecule has 6 heteroatoms. The van der Waals surface area contributed by atoms with Gasteiger partial charge < -0.3 is 18.8 Å². The van der Waals surface area contributed by atoms with E-state index in [1.54, 1.807) is 0 Å². The van der Waals surface area contributed by atoms with Crippen molar-refractivity contribution in [3.8, 4) is 0 Å². The van der Waals surface area contributed by atoms with Crippen LogP contribution in [-0.4, -0.2) is 56.3 Å². The number of piperidine rings is 1. The predicted molar refractivity (Wildman–Crippen MR) is 143 cm³/mol. The van der Waals surface area contributed by atoms with Crippen LogP contribution in [0.4, 0.5) is 4.79 Å². The number of rotatable bonds is 6. The van der Waals surface area contributed by atoms with Gasteiger partial charge in [-0.25, -0.2) is 4.79 Å². The van der Waals surface area contributed by atoms with Crippen molar-refractivity contribution in [3.05, 3.63) is 60.7 Å². The number of hydrogen-bond donors (Lipinski definition) is 0. The number of amides is 1. The lowest BCUT2D eigenvalue weighted by atomic mass is 9.95. The molecule has 2 aliphatic heterocycles. The fourth-order valence-corrected chi connectivity index (χ4v) is 10.1. The van der Waals surface area contributed by atoms with Gasteiger partial charge in [0, 0.05) is 6.54 Å². The number of hydrogen-bond acceptors (Lipinski definition) is 4. The zero-order valence-electron chi connectivity index (χ0n) is 22.1. The van der Waals surface area contributed by atoms with Crippen molar-refractivity contribution < 1.29 is 18.7 Å². The van der Waals surface area contributed by atoms with Crippen LogP contribution in [0.15, 0.2) is 60.7 Å². The molecule has 2 heterocycles. The van der Waals surface area contributed by atoms with Crippen LogP contribution < -0.4 is 10.4 Å². The van der Waals surface area contributed by atoms with E-state index in [1.807, 2.05) is 25.7 Å². The van der Waals surface area contributed by atoms with Gasteiger partial charge in [-0.1, -0.05) is 81.4 Å². The maximum Gasteiger partial charge on any atom is 0.410 e. The SMILES string of the molecule is CC(C)(C)OC(=O)N1CCC[C@H](O[Si](c2ccccc2)(c2ccccc2)C(C)(C)C)C1CC1CO1. The van der Waals surface area contributed by atoms with E-state index in [0.717, 1.165) is 25.9 Å². The van der Waals surface area contributed by atoms with Crippen LogP contribution in [0, 0.1) is 0 Å². The highest BCUT2D eigenvalue weighted by atomic mass is 28.4. The monoisotopic (exact) mass is 495 g/mol. The molecule has 5 nitrogen and oxygen atoms in total. The van der Waals surface area contributed by atoms with Crippen LogP contribution in [-0.2, 0) is 13.9 Å². The van der Waals surface area contributed by atoms with E-state index in [1.165, 1.54) is 10.4 Å². The summed E-state index contributed by atoms with van der Waals surface area (Å²) in [7, 11) is -2.74. The van der Waals surface area contributed by atoms with Crippen LogP contribution in [0.25, 0.3) is 0 Å². The van der Waals surface area contributed by atoms with Gasteiger partial charge in [-0.05, 0) is 55.4 Å². The van der Waals surface area contributed by atoms with Gasteiger partial charge >= 0.3 is 6.09 Å². The Kier molecular flexibility index (Phi) is 7.46. The van der Waals surface area contributed by atoms with E-state index in [9.17, 15) is 4.79 Å². The summed E-state index contributed by atoms with van der Waals surface area (Å²) in [5.41, 5.74) is -0.538. The number of nitrogens with zero attached hydrogens (tertiary/aromatic N) is 1. The van der Waals surface area contributed by atoms with E-state index < -0.39 is 13.9 Å². The van der Waals surface area contributed by atoms with E-state index in [2.05, 4.69) is 81.4 Å². The molecule has 0 spiro atoms. The molecule has 2 saturated heterocycles. The summed E-state index contributed by atoms with van der Waals surface area (Å²) in [6.07, 6.45) is 2.44. The van der Waals surface area contributed by atoms with Gasteiger partial charge in [0.05, 0.1) is 24.9 Å². The molecule has 1 amide bonds. The number of epoxide rings is 1. The van der Waals surface area contributed by atoms with Crippen LogP contribution in [0.2, 0.25) is 5.04 Å². The topological polar surface area (TPSA) is 51.3 Å². The number of carbonyl (C=O) groups is 1. The molecule has 2 unspecified atom stereocenters. The van der Waals surface area contributed by atoms with Gasteiger partial charge in [0.15, 0.2) is 0 Å². The molecule has 0 saturated carbocycles. The first-order chi connectivity index (χ1) is 16.5. The zero-order valence-corrected chi connectivity index (χ0v) is 23.1. The minimum atomic E-state index is -2.74. The minimum Gasteiger partial charge on any atom is -0.444 e. The molecule has 2 aromatic rings. The summed E-state index contributed by atoms with van der Waals surface area (Å²) < 4.78 is 19.0. The normalized spacial score (nSPS) is 23.1. The Morgan fingerprint density at radius 1 is 0.971 bits per heavy atom. The average Bonchev–Trinajstić information content (AvgIpc) is 3.61. The van der Waals surface area contributed by atoms with Crippen molar-refractivity contribution in [2.75, 3.05) is 13.2 Å². The average molecular weight is 496 g/mol. The number of carbonyl (C=O) groups excluding carboxylic acids is 1. The molecule has 0 aromatic heterocycles. The maximum atomic E-state index is 13.3. The van der Waals surface area contributed by atoms with Crippen molar-refractivity contribution in [3.63, 3.8) is 0 Å². The van der Waals surface area contributed by atoms with E-state index >= 15 is 0 Å². The molecule has 2 fully saturated rings. The zero-order chi connectivity index (χ0) is 25.3. The van der Waals surface area contributed by atoms with E-state index in [-0.39, 0.29) is 29.4 Å². The standard InChI is InChI=1S/C29H41NO4Si/c1-28(2,3)33-27(31)30-19-13-18-26(25(30)20-22-21-32-22)34-35(29(4,5)6,23-14-9-7-10-15-23)24-16-11-8-12-17-24/h7-12,14-17,22,25-26H,13,18-21H2,1-6H3/t22?,25?,26-/m0/s1. The summed E-state index contributed by atoms with van der Waals surface area (Å²) in [6, 6.07) is 21.4.